The van der Waals surface area contributed by atoms with Gasteiger partial charge in [0.15, 0.2) is 5.82 Å². The van der Waals surface area contributed by atoms with Crippen molar-refractivity contribution in [3.63, 3.8) is 0 Å². The molecule has 2 aromatic heterocycles. The molecule has 4 nitrogen and oxygen atoms in total. The summed E-state index contributed by atoms with van der Waals surface area (Å²) in [5.74, 6) is 0.647. The van der Waals surface area contributed by atoms with E-state index in [0.717, 1.165) is 6.42 Å². The Hall–Kier alpha value is -1.53. The summed E-state index contributed by atoms with van der Waals surface area (Å²) in [7, 11) is 0. The van der Waals surface area contributed by atoms with E-state index in [0.29, 0.717) is 11.5 Å². The minimum atomic E-state index is 0.244. The molecule has 0 aliphatic rings. The molecule has 2 heterocycles. The van der Waals surface area contributed by atoms with E-state index in [1.54, 1.807) is 23.7 Å². The van der Waals surface area contributed by atoms with Crippen molar-refractivity contribution in [2.24, 2.45) is 5.73 Å². The highest BCUT2D eigenvalue weighted by molar-refractivity contribution is 7.80. The summed E-state index contributed by atoms with van der Waals surface area (Å²) in [5, 5.41) is 5.37. The zero-order valence-electron chi connectivity index (χ0n) is 9.96. The number of rotatable bonds is 5. The Morgan fingerprint density at radius 3 is 2.94 bits per heavy atom. The van der Waals surface area contributed by atoms with Gasteiger partial charge >= 0.3 is 0 Å². The molecule has 0 amide bonds. The first-order valence-electron chi connectivity index (χ1n) is 5.56. The minimum Gasteiger partial charge on any atom is -0.388 e. The second-order valence-corrected chi connectivity index (χ2v) is 5.42. The van der Waals surface area contributed by atoms with Crippen LogP contribution in [0.25, 0.3) is 0 Å². The molecule has 0 radical (unpaired) electrons. The second-order valence-electron chi connectivity index (χ2n) is 3.95. The van der Waals surface area contributed by atoms with Crippen molar-refractivity contribution in [2.45, 2.75) is 19.4 Å². The predicted molar refractivity (Wildman–Crippen MR) is 79.0 cm³/mol. The highest BCUT2D eigenvalue weighted by Gasteiger charge is 2.11. The molecule has 0 aliphatic carbocycles. The molecular formula is C12H14N4S2. The first kappa shape index (κ1) is 12.9. The van der Waals surface area contributed by atoms with Gasteiger partial charge in [-0.1, -0.05) is 18.3 Å². The molecule has 0 fully saturated rings. The standard InChI is InChI=1S/C12H14N4S2/c1-8(7-9-3-2-6-18-9)16-12-10(11(13)17)14-4-5-15-12/h2-6,8H,7H2,1H3,(H2,13,17)(H,15,16). The summed E-state index contributed by atoms with van der Waals surface area (Å²) >= 11 is 6.70. The zero-order chi connectivity index (χ0) is 13.0. The monoisotopic (exact) mass is 278 g/mol. The van der Waals surface area contributed by atoms with Crippen LogP contribution in [0.3, 0.4) is 0 Å². The molecular weight excluding hydrogens is 264 g/mol. The lowest BCUT2D eigenvalue weighted by atomic mass is 10.2. The van der Waals surface area contributed by atoms with Crippen molar-refractivity contribution in [2.75, 3.05) is 5.32 Å². The Bertz CT molecular complexity index is 525. The Morgan fingerprint density at radius 2 is 2.28 bits per heavy atom. The number of thiocarbonyl (C=S) groups is 1. The van der Waals surface area contributed by atoms with Crippen LogP contribution in [0.5, 0.6) is 0 Å². The topological polar surface area (TPSA) is 63.8 Å². The van der Waals surface area contributed by atoms with Crippen LogP contribution in [0.4, 0.5) is 5.82 Å². The van der Waals surface area contributed by atoms with Crippen LogP contribution in [-0.4, -0.2) is 21.0 Å². The van der Waals surface area contributed by atoms with Crippen molar-refractivity contribution in [3.8, 4) is 0 Å². The van der Waals surface area contributed by atoms with Gasteiger partial charge in [0.25, 0.3) is 0 Å². The molecule has 6 heteroatoms. The smallest absolute Gasteiger partial charge is 0.155 e. The fourth-order valence-electron chi connectivity index (χ4n) is 1.64. The van der Waals surface area contributed by atoms with Gasteiger partial charge in [-0.2, -0.15) is 0 Å². The van der Waals surface area contributed by atoms with Crippen molar-refractivity contribution < 1.29 is 0 Å². The van der Waals surface area contributed by atoms with Crippen LogP contribution < -0.4 is 11.1 Å². The number of aromatic nitrogens is 2. The molecule has 0 saturated carbocycles. The highest BCUT2D eigenvalue weighted by atomic mass is 32.1. The number of hydrogen-bond acceptors (Lipinski definition) is 5. The van der Waals surface area contributed by atoms with Crippen molar-refractivity contribution in [1.29, 1.82) is 0 Å². The first-order chi connectivity index (χ1) is 8.66. The third-order valence-electron chi connectivity index (χ3n) is 2.40. The molecule has 94 valence electrons. The van der Waals surface area contributed by atoms with E-state index in [1.165, 1.54) is 4.88 Å². The maximum atomic E-state index is 5.62. The van der Waals surface area contributed by atoms with Crippen LogP contribution in [-0.2, 0) is 6.42 Å². The van der Waals surface area contributed by atoms with Crippen LogP contribution in [0.2, 0.25) is 0 Å². The number of nitrogens with zero attached hydrogens (tertiary/aromatic N) is 2. The van der Waals surface area contributed by atoms with Crippen molar-refractivity contribution >= 4 is 34.4 Å². The van der Waals surface area contributed by atoms with Gasteiger partial charge < -0.3 is 11.1 Å². The Kier molecular flexibility index (Phi) is 4.22. The number of anilines is 1. The lowest BCUT2D eigenvalue weighted by Gasteiger charge is -2.15. The van der Waals surface area contributed by atoms with E-state index in [9.17, 15) is 0 Å². The summed E-state index contributed by atoms with van der Waals surface area (Å²) in [4.78, 5) is 9.96. The quantitative estimate of drug-likeness (QED) is 0.821. The van der Waals surface area contributed by atoms with E-state index in [-0.39, 0.29) is 11.0 Å². The third-order valence-corrected chi connectivity index (χ3v) is 3.49. The number of nitrogens with one attached hydrogen (secondary N) is 1. The molecule has 18 heavy (non-hydrogen) atoms. The molecule has 0 aliphatic heterocycles. The molecule has 1 unspecified atom stereocenters. The molecule has 1 atom stereocenters. The molecule has 3 N–H and O–H groups in total. The maximum absolute atomic E-state index is 5.62. The van der Waals surface area contributed by atoms with Crippen molar-refractivity contribution in [1.82, 2.24) is 9.97 Å². The molecule has 0 bridgehead atoms. The predicted octanol–water partition coefficient (Wildman–Crippen LogP) is 2.22. The van der Waals surface area contributed by atoms with Gasteiger partial charge in [-0.25, -0.2) is 9.97 Å². The first-order valence-corrected chi connectivity index (χ1v) is 6.85. The van der Waals surface area contributed by atoms with Gasteiger partial charge in [-0.15, -0.1) is 11.3 Å². The highest BCUT2D eigenvalue weighted by Crippen LogP contribution is 2.15. The SMILES string of the molecule is CC(Cc1cccs1)Nc1nccnc1C(N)=S. The van der Waals surface area contributed by atoms with Gasteiger partial charge in [-0.3, -0.25) is 0 Å². The lowest BCUT2D eigenvalue weighted by Crippen LogP contribution is -2.22. The second kappa shape index (κ2) is 5.88. The minimum absolute atomic E-state index is 0.244. The van der Waals surface area contributed by atoms with Crippen LogP contribution in [0.15, 0.2) is 29.9 Å². The van der Waals surface area contributed by atoms with Gasteiger partial charge in [-0.05, 0) is 18.4 Å². The Balaban J connectivity index is 2.07. The summed E-state index contributed by atoms with van der Waals surface area (Å²) in [5.41, 5.74) is 6.16. The van der Waals surface area contributed by atoms with Crippen molar-refractivity contribution in [3.05, 3.63) is 40.5 Å². The lowest BCUT2D eigenvalue weighted by molar-refractivity contribution is 0.792. The summed E-state index contributed by atoms with van der Waals surface area (Å²) < 4.78 is 0. The average molecular weight is 278 g/mol. The molecule has 2 rings (SSSR count). The van der Waals surface area contributed by atoms with E-state index in [2.05, 4.69) is 39.7 Å². The van der Waals surface area contributed by atoms with E-state index >= 15 is 0 Å². The molecule has 2 aromatic rings. The summed E-state index contributed by atoms with van der Waals surface area (Å²) in [6.07, 6.45) is 4.15. The fraction of sp³-hybridized carbons (Fsp3) is 0.250. The normalized spacial score (nSPS) is 12.1. The van der Waals surface area contributed by atoms with Crippen LogP contribution in [0, 0.1) is 0 Å². The van der Waals surface area contributed by atoms with Gasteiger partial charge in [0.2, 0.25) is 0 Å². The molecule has 0 spiro atoms. The van der Waals surface area contributed by atoms with Crippen LogP contribution in [0.1, 0.15) is 17.5 Å². The largest absolute Gasteiger partial charge is 0.388 e. The fourth-order valence-corrected chi connectivity index (χ4v) is 2.62. The van der Waals surface area contributed by atoms with E-state index in [1.807, 2.05) is 0 Å². The number of thiophene rings is 1. The van der Waals surface area contributed by atoms with Gasteiger partial charge in [0.1, 0.15) is 10.7 Å². The Labute approximate surface area is 115 Å². The Morgan fingerprint density at radius 1 is 1.50 bits per heavy atom. The molecule has 0 aromatic carbocycles. The summed E-state index contributed by atoms with van der Waals surface area (Å²) in [6, 6.07) is 4.41. The summed E-state index contributed by atoms with van der Waals surface area (Å²) in [6.45, 7) is 2.09. The molecule has 0 saturated heterocycles. The third kappa shape index (κ3) is 3.24. The van der Waals surface area contributed by atoms with Gasteiger partial charge in [0.05, 0.1) is 0 Å². The zero-order valence-corrected chi connectivity index (χ0v) is 11.6. The van der Waals surface area contributed by atoms with E-state index < -0.39 is 0 Å². The number of hydrogen-bond donors (Lipinski definition) is 2. The van der Waals surface area contributed by atoms with E-state index in [4.69, 9.17) is 18.0 Å². The maximum Gasteiger partial charge on any atom is 0.155 e. The van der Waals surface area contributed by atoms with Crippen LogP contribution >= 0.6 is 23.6 Å². The average Bonchev–Trinajstić information content (AvgIpc) is 2.82. The van der Waals surface area contributed by atoms with Gasteiger partial charge in [0, 0.05) is 29.7 Å². The number of nitrogens with two attached hydrogens (primary N) is 1.